The van der Waals surface area contributed by atoms with E-state index in [1.807, 2.05) is 62.4 Å². The zero-order valence-electron chi connectivity index (χ0n) is 12.5. The largest absolute Gasteiger partial charge is 0.325 e. The number of para-hydroxylation sites is 1. The van der Waals surface area contributed by atoms with Gasteiger partial charge < -0.3 is 5.32 Å². The number of nitrogens with one attached hydrogen (secondary N) is 1. The number of anilines is 1. The fraction of sp³-hybridized carbons (Fsp3) is 0.278. The van der Waals surface area contributed by atoms with Crippen molar-refractivity contribution in [2.45, 2.75) is 20.3 Å². The van der Waals surface area contributed by atoms with Crippen molar-refractivity contribution in [3.8, 4) is 0 Å². The quantitative estimate of drug-likeness (QED) is 0.802. The second-order valence-corrected chi connectivity index (χ2v) is 5.69. The Labute approximate surface area is 132 Å². The van der Waals surface area contributed by atoms with E-state index in [1.165, 1.54) is 0 Å². The zero-order chi connectivity index (χ0) is 15.2. The lowest BCUT2D eigenvalue weighted by molar-refractivity contribution is -0.119. The molecule has 0 aliphatic heterocycles. The molecular formula is C18H21NOS. The molecule has 0 spiro atoms. The second-order valence-electron chi connectivity index (χ2n) is 5.33. The number of rotatable bonds is 5. The number of carbonyl (C=O) groups is 1. The summed E-state index contributed by atoms with van der Waals surface area (Å²) < 4.78 is 0. The van der Waals surface area contributed by atoms with Crippen LogP contribution in [-0.4, -0.2) is 11.7 Å². The monoisotopic (exact) mass is 299 g/mol. The molecule has 0 saturated carbocycles. The van der Waals surface area contributed by atoms with Crippen LogP contribution in [-0.2, 0) is 11.2 Å². The molecule has 2 rings (SSSR count). The van der Waals surface area contributed by atoms with Crippen LogP contribution < -0.4 is 5.32 Å². The first-order chi connectivity index (χ1) is 10.1. The van der Waals surface area contributed by atoms with Crippen molar-refractivity contribution in [3.05, 3.63) is 65.2 Å². The van der Waals surface area contributed by atoms with Crippen LogP contribution in [0.2, 0.25) is 0 Å². The molecule has 0 aromatic heterocycles. The molecule has 0 aliphatic rings. The van der Waals surface area contributed by atoms with Crippen molar-refractivity contribution in [2.75, 3.05) is 11.1 Å². The first kappa shape index (κ1) is 15.6. The molecule has 0 saturated heterocycles. The Morgan fingerprint density at radius 2 is 1.67 bits per heavy atom. The molecule has 0 fully saturated rings. The van der Waals surface area contributed by atoms with Crippen molar-refractivity contribution in [2.24, 2.45) is 5.92 Å². The summed E-state index contributed by atoms with van der Waals surface area (Å²) in [5.74, 6) is 0.437. The highest BCUT2D eigenvalue weighted by Gasteiger charge is 2.18. The Balaban J connectivity index is 2.10. The second kappa shape index (κ2) is 7.32. The lowest BCUT2D eigenvalue weighted by Gasteiger charge is -2.17. The Kier molecular flexibility index (Phi) is 5.45. The zero-order valence-corrected chi connectivity index (χ0v) is 13.4. The van der Waals surface area contributed by atoms with Crippen molar-refractivity contribution < 1.29 is 4.79 Å². The highest BCUT2D eigenvalue weighted by Crippen LogP contribution is 2.21. The molecule has 0 aliphatic carbocycles. The van der Waals surface area contributed by atoms with Crippen LogP contribution in [0.4, 0.5) is 5.69 Å². The predicted octanol–water partition coefficient (Wildman–Crippen LogP) is 4.03. The third kappa shape index (κ3) is 4.11. The summed E-state index contributed by atoms with van der Waals surface area (Å²) in [5, 5.41) is 3.06. The van der Waals surface area contributed by atoms with Gasteiger partial charge in [0.05, 0.1) is 5.92 Å². The number of amides is 1. The van der Waals surface area contributed by atoms with E-state index >= 15 is 0 Å². The number of hydrogen-bond acceptors (Lipinski definition) is 2. The molecule has 1 atom stereocenters. The van der Waals surface area contributed by atoms with Crippen LogP contribution >= 0.6 is 12.6 Å². The number of hydrogen-bond donors (Lipinski definition) is 2. The van der Waals surface area contributed by atoms with Crippen LogP contribution in [0.5, 0.6) is 0 Å². The molecular weight excluding hydrogens is 278 g/mol. The fourth-order valence-electron chi connectivity index (χ4n) is 2.38. The van der Waals surface area contributed by atoms with Gasteiger partial charge in [0.1, 0.15) is 0 Å². The SMILES string of the molecule is Cc1cccc(C)c1NC(=O)C(CS)Cc1ccccc1. The molecule has 0 radical (unpaired) electrons. The predicted molar refractivity (Wildman–Crippen MR) is 92.0 cm³/mol. The van der Waals surface area contributed by atoms with Crippen molar-refractivity contribution in [1.82, 2.24) is 0 Å². The van der Waals surface area contributed by atoms with Gasteiger partial charge in [-0.2, -0.15) is 12.6 Å². The Hall–Kier alpha value is -1.74. The topological polar surface area (TPSA) is 29.1 Å². The Morgan fingerprint density at radius 1 is 1.05 bits per heavy atom. The standard InChI is InChI=1S/C18H21NOS/c1-13-7-6-8-14(2)17(13)19-18(20)16(12-21)11-15-9-4-3-5-10-15/h3-10,16,21H,11-12H2,1-2H3,(H,19,20). The molecule has 1 N–H and O–H groups in total. The van der Waals surface area contributed by atoms with Gasteiger partial charge in [-0.25, -0.2) is 0 Å². The van der Waals surface area contributed by atoms with Crippen molar-refractivity contribution >= 4 is 24.2 Å². The minimum atomic E-state index is -0.130. The Morgan fingerprint density at radius 3 is 2.24 bits per heavy atom. The van der Waals surface area contributed by atoms with Crippen LogP contribution in [0, 0.1) is 19.8 Å². The van der Waals surface area contributed by atoms with E-state index in [9.17, 15) is 4.79 Å². The van der Waals surface area contributed by atoms with Gasteiger partial charge in [0.15, 0.2) is 0 Å². The molecule has 2 aromatic carbocycles. The van der Waals surface area contributed by atoms with Crippen molar-refractivity contribution in [3.63, 3.8) is 0 Å². The smallest absolute Gasteiger partial charge is 0.228 e. The maximum Gasteiger partial charge on any atom is 0.228 e. The van der Waals surface area contributed by atoms with E-state index in [2.05, 4.69) is 17.9 Å². The number of carbonyl (C=O) groups excluding carboxylic acids is 1. The minimum absolute atomic E-state index is 0.0336. The highest BCUT2D eigenvalue weighted by atomic mass is 32.1. The van der Waals surface area contributed by atoms with Gasteiger partial charge in [-0.05, 0) is 37.0 Å². The van der Waals surface area contributed by atoms with Crippen molar-refractivity contribution in [1.29, 1.82) is 0 Å². The molecule has 0 bridgehead atoms. The van der Waals surface area contributed by atoms with E-state index in [0.717, 1.165) is 22.4 Å². The summed E-state index contributed by atoms with van der Waals surface area (Å²) in [6.45, 7) is 4.02. The van der Waals surface area contributed by atoms with E-state index in [4.69, 9.17) is 0 Å². The van der Waals surface area contributed by atoms with Gasteiger partial charge in [-0.1, -0.05) is 48.5 Å². The summed E-state index contributed by atoms with van der Waals surface area (Å²) in [4.78, 5) is 12.5. The summed E-state index contributed by atoms with van der Waals surface area (Å²) >= 11 is 4.34. The van der Waals surface area contributed by atoms with Crippen LogP contribution in [0.15, 0.2) is 48.5 Å². The molecule has 2 aromatic rings. The number of thiol groups is 1. The van der Waals surface area contributed by atoms with Gasteiger partial charge in [-0.3, -0.25) is 4.79 Å². The maximum atomic E-state index is 12.5. The summed E-state index contributed by atoms with van der Waals surface area (Å²) in [5.41, 5.74) is 4.25. The molecule has 110 valence electrons. The van der Waals surface area contributed by atoms with E-state index < -0.39 is 0 Å². The molecule has 1 amide bonds. The molecule has 3 heteroatoms. The van der Waals surface area contributed by atoms with E-state index in [1.54, 1.807) is 0 Å². The van der Waals surface area contributed by atoms with E-state index in [-0.39, 0.29) is 11.8 Å². The minimum Gasteiger partial charge on any atom is -0.325 e. The lowest BCUT2D eigenvalue weighted by Crippen LogP contribution is -2.26. The van der Waals surface area contributed by atoms with Gasteiger partial charge in [0.25, 0.3) is 0 Å². The molecule has 21 heavy (non-hydrogen) atoms. The van der Waals surface area contributed by atoms with Crippen LogP contribution in [0.3, 0.4) is 0 Å². The summed E-state index contributed by atoms with van der Waals surface area (Å²) in [6, 6.07) is 16.1. The van der Waals surface area contributed by atoms with Gasteiger partial charge in [-0.15, -0.1) is 0 Å². The summed E-state index contributed by atoms with van der Waals surface area (Å²) in [6.07, 6.45) is 0.709. The first-order valence-electron chi connectivity index (χ1n) is 7.13. The van der Waals surface area contributed by atoms with Gasteiger partial charge in [0, 0.05) is 11.4 Å². The molecule has 2 nitrogen and oxygen atoms in total. The third-order valence-electron chi connectivity index (χ3n) is 3.65. The van der Waals surface area contributed by atoms with E-state index in [0.29, 0.717) is 12.2 Å². The molecule has 0 heterocycles. The lowest BCUT2D eigenvalue weighted by atomic mass is 9.99. The van der Waals surface area contributed by atoms with Gasteiger partial charge in [0.2, 0.25) is 5.91 Å². The Bertz CT molecular complexity index is 590. The number of benzene rings is 2. The average molecular weight is 299 g/mol. The van der Waals surface area contributed by atoms with Crippen LogP contribution in [0.1, 0.15) is 16.7 Å². The summed E-state index contributed by atoms with van der Waals surface area (Å²) in [7, 11) is 0. The first-order valence-corrected chi connectivity index (χ1v) is 7.77. The normalized spacial score (nSPS) is 12.0. The highest BCUT2D eigenvalue weighted by molar-refractivity contribution is 7.80. The molecule has 1 unspecified atom stereocenters. The maximum absolute atomic E-state index is 12.5. The average Bonchev–Trinajstić information content (AvgIpc) is 2.49. The fourth-order valence-corrected chi connectivity index (χ4v) is 2.67. The van der Waals surface area contributed by atoms with Crippen LogP contribution in [0.25, 0.3) is 0 Å². The van der Waals surface area contributed by atoms with Gasteiger partial charge >= 0.3 is 0 Å². The number of aryl methyl sites for hydroxylation is 2. The third-order valence-corrected chi connectivity index (χ3v) is 4.09.